The monoisotopic (exact) mass is 386 g/mol. The fourth-order valence-corrected chi connectivity index (χ4v) is 3.97. The second kappa shape index (κ2) is 6.88. The van der Waals surface area contributed by atoms with Crippen LogP contribution in [-0.4, -0.2) is 33.1 Å². The Morgan fingerprint density at radius 2 is 2.03 bits per heavy atom. The van der Waals surface area contributed by atoms with E-state index >= 15 is 0 Å². The first-order valence-electron chi connectivity index (χ1n) is 9.82. The third kappa shape index (κ3) is 3.20. The fourth-order valence-electron chi connectivity index (χ4n) is 3.97. The van der Waals surface area contributed by atoms with Crippen LogP contribution in [0.25, 0.3) is 33.1 Å². The SMILES string of the molecule is C[C@@H](Oc1cc(-c2ccc3ncn(C)c3c2)cc2ncccc12)C1CNC(=O)C1. The van der Waals surface area contributed by atoms with Crippen LogP contribution < -0.4 is 10.1 Å². The number of pyridine rings is 1. The number of amides is 1. The largest absolute Gasteiger partial charge is 0.490 e. The van der Waals surface area contributed by atoms with Crippen LogP contribution in [0.15, 0.2) is 55.0 Å². The van der Waals surface area contributed by atoms with Gasteiger partial charge in [-0.25, -0.2) is 4.98 Å². The van der Waals surface area contributed by atoms with E-state index in [0.29, 0.717) is 13.0 Å². The van der Waals surface area contributed by atoms with Crippen molar-refractivity contribution in [3.05, 3.63) is 55.0 Å². The highest BCUT2D eigenvalue weighted by Gasteiger charge is 2.28. The van der Waals surface area contributed by atoms with Crippen LogP contribution >= 0.6 is 0 Å². The zero-order valence-corrected chi connectivity index (χ0v) is 16.4. The number of ether oxygens (including phenoxy) is 1. The minimum atomic E-state index is -0.0767. The van der Waals surface area contributed by atoms with Gasteiger partial charge in [-0.15, -0.1) is 0 Å². The zero-order valence-electron chi connectivity index (χ0n) is 16.4. The lowest BCUT2D eigenvalue weighted by atomic mass is 10.0. The van der Waals surface area contributed by atoms with Crippen molar-refractivity contribution < 1.29 is 9.53 Å². The lowest BCUT2D eigenvalue weighted by molar-refractivity contribution is -0.119. The summed E-state index contributed by atoms with van der Waals surface area (Å²) in [6.45, 7) is 2.69. The van der Waals surface area contributed by atoms with Crippen molar-refractivity contribution >= 4 is 27.8 Å². The molecule has 6 heteroatoms. The molecule has 0 saturated carbocycles. The van der Waals surface area contributed by atoms with Crippen molar-refractivity contribution in [2.24, 2.45) is 13.0 Å². The number of fused-ring (bicyclic) bond motifs is 2. The molecular weight excluding hydrogens is 364 g/mol. The van der Waals surface area contributed by atoms with E-state index in [0.717, 1.165) is 38.8 Å². The Morgan fingerprint density at radius 3 is 2.86 bits per heavy atom. The summed E-state index contributed by atoms with van der Waals surface area (Å²) in [7, 11) is 1.99. The number of carbonyl (C=O) groups excluding carboxylic acids is 1. The molecule has 1 fully saturated rings. The van der Waals surface area contributed by atoms with Crippen LogP contribution in [0, 0.1) is 5.92 Å². The molecule has 5 rings (SSSR count). The zero-order chi connectivity index (χ0) is 20.0. The number of hydrogen-bond donors (Lipinski definition) is 1. The fraction of sp³-hybridized carbons (Fsp3) is 0.261. The standard InChI is InChI=1S/C23H22N4O2/c1-14(17-11-23(28)25-12-17)29-22-10-16(8-20-18(22)4-3-7-24-20)15-5-6-19-21(9-15)27(2)13-26-19/h3-10,13-14,17H,11-12H2,1-2H3,(H,25,28)/t14-,17?/m1/s1. The van der Waals surface area contributed by atoms with Crippen LogP contribution in [-0.2, 0) is 11.8 Å². The molecule has 146 valence electrons. The van der Waals surface area contributed by atoms with Gasteiger partial charge in [0.1, 0.15) is 11.9 Å². The highest BCUT2D eigenvalue weighted by molar-refractivity contribution is 5.91. The molecule has 29 heavy (non-hydrogen) atoms. The van der Waals surface area contributed by atoms with E-state index < -0.39 is 0 Å². The first kappa shape index (κ1) is 17.7. The van der Waals surface area contributed by atoms with Crippen molar-refractivity contribution in [3.8, 4) is 16.9 Å². The predicted molar refractivity (Wildman–Crippen MR) is 113 cm³/mol. The van der Waals surface area contributed by atoms with Crippen molar-refractivity contribution in [1.29, 1.82) is 0 Å². The summed E-state index contributed by atoms with van der Waals surface area (Å²) in [6, 6.07) is 14.4. The maximum atomic E-state index is 11.6. The molecule has 1 amide bonds. The van der Waals surface area contributed by atoms with E-state index in [2.05, 4.69) is 39.6 Å². The van der Waals surface area contributed by atoms with Crippen LogP contribution in [0.1, 0.15) is 13.3 Å². The molecule has 6 nitrogen and oxygen atoms in total. The predicted octanol–water partition coefficient (Wildman–Crippen LogP) is 3.69. The van der Waals surface area contributed by atoms with Gasteiger partial charge in [0.15, 0.2) is 0 Å². The van der Waals surface area contributed by atoms with Gasteiger partial charge in [0.05, 0.1) is 22.9 Å². The Balaban J connectivity index is 1.57. The number of hydrogen-bond acceptors (Lipinski definition) is 4. The normalized spacial score (nSPS) is 17.6. The molecule has 0 bridgehead atoms. The molecule has 0 radical (unpaired) electrons. The number of aryl methyl sites for hydroxylation is 1. The van der Waals surface area contributed by atoms with Gasteiger partial charge in [0.25, 0.3) is 0 Å². The van der Waals surface area contributed by atoms with Crippen molar-refractivity contribution in [1.82, 2.24) is 19.9 Å². The van der Waals surface area contributed by atoms with Crippen molar-refractivity contribution in [3.63, 3.8) is 0 Å². The highest BCUT2D eigenvalue weighted by atomic mass is 16.5. The minimum Gasteiger partial charge on any atom is -0.490 e. The van der Waals surface area contributed by atoms with Crippen LogP contribution in [0.5, 0.6) is 5.75 Å². The molecule has 1 N–H and O–H groups in total. The Labute approximate surface area is 168 Å². The van der Waals surface area contributed by atoms with Crippen molar-refractivity contribution in [2.45, 2.75) is 19.4 Å². The summed E-state index contributed by atoms with van der Waals surface area (Å²) in [5.74, 6) is 1.06. The maximum Gasteiger partial charge on any atom is 0.220 e. The van der Waals surface area contributed by atoms with E-state index in [4.69, 9.17) is 4.74 Å². The van der Waals surface area contributed by atoms with Gasteiger partial charge in [-0.3, -0.25) is 9.78 Å². The smallest absolute Gasteiger partial charge is 0.220 e. The summed E-state index contributed by atoms with van der Waals surface area (Å²) in [4.78, 5) is 20.5. The number of aromatic nitrogens is 3. The van der Waals surface area contributed by atoms with E-state index in [-0.39, 0.29) is 17.9 Å². The van der Waals surface area contributed by atoms with E-state index in [1.165, 1.54) is 0 Å². The lowest BCUT2D eigenvalue weighted by Gasteiger charge is -2.21. The molecular formula is C23H22N4O2. The van der Waals surface area contributed by atoms with Gasteiger partial charge in [-0.05, 0) is 54.4 Å². The van der Waals surface area contributed by atoms with Gasteiger partial charge in [0.2, 0.25) is 5.91 Å². The third-order valence-electron chi connectivity index (χ3n) is 5.73. The number of imidazole rings is 1. The average molecular weight is 386 g/mol. The maximum absolute atomic E-state index is 11.6. The van der Waals surface area contributed by atoms with Gasteiger partial charge in [-0.2, -0.15) is 0 Å². The molecule has 0 spiro atoms. The third-order valence-corrected chi connectivity index (χ3v) is 5.73. The quantitative estimate of drug-likeness (QED) is 0.581. The molecule has 1 unspecified atom stereocenters. The second-order valence-corrected chi connectivity index (χ2v) is 7.69. The number of nitrogens with zero attached hydrogens (tertiary/aromatic N) is 3. The first-order chi connectivity index (χ1) is 14.1. The first-order valence-corrected chi connectivity index (χ1v) is 9.82. The summed E-state index contributed by atoms with van der Waals surface area (Å²) < 4.78 is 8.38. The molecule has 0 aliphatic carbocycles. The van der Waals surface area contributed by atoms with Gasteiger partial charge >= 0.3 is 0 Å². The summed E-state index contributed by atoms with van der Waals surface area (Å²) >= 11 is 0. The summed E-state index contributed by atoms with van der Waals surface area (Å²) in [5, 5.41) is 3.86. The average Bonchev–Trinajstić information content (AvgIpc) is 3.33. The van der Waals surface area contributed by atoms with Gasteiger partial charge in [0, 0.05) is 37.5 Å². The molecule has 2 atom stereocenters. The molecule has 1 aliphatic heterocycles. The molecule has 2 aromatic carbocycles. The van der Waals surface area contributed by atoms with Crippen LogP contribution in [0.3, 0.4) is 0 Å². The Morgan fingerprint density at radius 1 is 1.14 bits per heavy atom. The number of rotatable bonds is 4. The second-order valence-electron chi connectivity index (χ2n) is 7.69. The summed E-state index contributed by atoms with van der Waals surface area (Å²) in [5.41, 5.74) is 5.07. The molecule has 2 aromatic heterocycles. The van der Waals surface area contributed by atoms with Gasteiger partial charge in [-0.1, -0.05) is 6.07 Å². The Kier molecular flexibility index (Phi) is 4.19. The molecule has 3 heterocycles. The minimum absolute atomic E-state index is 0.0767. The van der Waals surface area contributed by atoms with Gasteiger partial charge < -0.3 is 14.6 Å². The number of carbonyl (C=O) groups is 1. The van der Waals surface area contributed by atoms with Crippen LogP contribution in [0.2, 0.25) is 0 Å². The highest BCUT2D eigenvalue weighted by Crippen LogP contribution is 2.34. The molecule has 1 saturated heterocycles. The van der Waals surface area contributed by atoms with E-state index in [9.17, 15) is 4.79 Å². The number of nitrogens with one attached hydrogen (secondary N) is 1. The Bertz CT molecular complexity index is 1230. The molecule has 1 aliphatic rings. The summed E-state index contributed by atoms with van der Waals surface area (Å²) in [6.07, 6.45) is 4.05. The van der Waals surface area contributed by atoms with Crippen molar-refractivity contribution in [2.75, 3.05) is 6.54 Å². The Hall–Kier alpha value is -3.41. The lowest BCUT2D eigenvalue weighted by Crippen LogP contribution is -2.25. The number of benzene rings is 2. The van der Waals surface area contributed by atoms with Crippen LogP contribution in [0.4, 0.5) is 0 Å². The topological polar surface area (TPSA) is 69.0 Å². The van der Waals surface area contributed by atoms with E-state index in [1.807, 2.05) is 43.1 Å². The molecule has 4 aromatic rings. The van der Waals surface area contributed by atoms with E-state index in [1.54, 1.807) is 6.20 Å².